The van der Waals surface area contributed by atoms with Crippen LogP contribution in [0.1, 0.15) is 36.9 Å². The maximum atomic E-state index is 4.76. The van der Waals surface area contributed by atoms with Crippen LogP contribution in [0.4, 0.5) is 0 Å². The van der Waals surface area contributed by atoms with Crippen LogP contribution in [0.5, 0.6) is 0 Å². The topological polar surface area (TPSA) is 31.4 Å². The number of thiazole rings is 1. The van der Waals surface area contributed by atoms with Crippen LogP contribution in [0.3, 0.4) is 0 Å². The highest BCUT2D eigenvalue weighted by Gasteiger charge is 2.28. The van der Waals surface area contributed by atoms with Crippen molar-refractivity contribution in [2.45, 2.75) is 38.8 Å². The summed E-state index contributed by atoms with van der Waals surface area (Å²) >= 11 is 1.81. The van der Waals surface area contributed by atoms with Gasteiger partial charge in [0.2, 0.25) is 0 Å². The Hall–Kier alpha value is -0.490. The minimum absolute atomic E-state index is 0.556. The molecular weight excluding hydrogens is 268 g/mol. The van der Waals surface area contributed by atoms with Gasteiger partial charge >= 0.3 is 0 Å². The molecule has 3 rings (SSSR count). The minimum atomic E-state index is 0.556. The molecular formula is C15H26N4S. The van der Waals surface area contributed by atoms with Crippen molar-refractivity contribution < 1.29 is 0 Å². The van der Waals surface area contributed by atoms with E-state index in [0.717, 1.165) is 25.7 Å². The SMILES string of the molecule is CC(C)c1nc(CN2CCC(N3CCNCC3)C2)cs1. The van der Waals surface area contributed by atoms with E-state index < -0.39 is 0 Å². The lowest BCUT2D eigenvalue weighted by atomic mass is 10.2. The van der Waals surface area contributed by atoms with E-state index in [2.05, 4.69) is 34.3 Å². The Morgan fingerprint density at radius 1 is 1.35 bits per heavy atom. The largest absolute Gasteiger partial charge is 0.314 e. The first-order chi connectivity index (χ1) is 9.72. The predicted molar refractivity (Wildman–Crippen MR) is 84.3 cm³/mol. The first-order valence-electron chi connectivity index (χ1n) is 7.84. The van der Waals surface area contributed by atoms with Crippen LogP contribution >= 0.6 is 11.3 Å². The number of piperazine rings is 1. The molecule has 2 aliphatic rings. The number of hydrogen-bond acceptors (Lipinski definition) is 5. The quantitative estimate of drug-likeness (QED) is 0.917. The molecule has 0 aliphatic carbocycles. The molecule has 20 heavy (non-hydrogen) atoms. The highest BCUT2D eigenvalue weighted by Crippen LogP contribution is 2.22. The molecule has 1 aromatic heterocycles. The van der Waals surface area contributed by atoms with E-state index in [9.17, 15) is 0 Å². The third kappa shape index (κ3) is 3.39. The number of hydrogen-bond donors (Lipinski definition) is 1. The molecule has 0 radical (unpaired) electrons. The third-order valence-electron chi connectivity index (χ3n) is 4.36. The summed E-state index contributed by atoms with van der Waals surface area (Å²) in [5, 5.41) is 6.96. The van der Waals surface area contributed by atoms with Crippen LogP contribution in [0, 0.1) is 0 Å². The van der Waals surface area contributed by atoms with Crippen LogP contribution in [0.15, 0.2) is 5.38 Å². The average molecular weight is 294 g/mol. The van der Waals surface area contributed by atoms with Crippen molar-refractivity contribution in [3.8, 4) is 0 Å². The van der Waals surface area contributed by atoms with Gasteiger partial charge in [-0.15, -0.1) is 11.3 Å². The Kier molecular flexibility index (Phi) is 4.71. The summed E-state index contributed by atoms with van der Waals surface area (Å²) in [7, 11) is 0. The summed E-state index contributed by atoms with van der Waals surface area (Å²) in [6.45, 7) is 12.7. The summed E-state index contributed by atoms with van der Waals surface area (Å²) in [5.74, 6) is 0.556. The second-order valence-corrected chi connectivity index (χ2v) is 7.19. The number of nitrogens with zero attached hydrogens (tertiary/aromatic N) is 3. The second-order valence-electron chi connectivity index (χ2n) is 6.30. The molecule has 5 heteroatoms. The van der Waals surface area contributed by atoms with E-state index >= 15 is 0 Å². The fourth-order valence-electron chi connectivity index (χ4n) is 3.19. The molecule has 0 aromatic carbocycles. The van der Waals surface area contributed by atoms with Gasteiger partial charge in [-0.3, -0.25) is 9.80 Å². The molecule has 1 unspecified atom stereocenters. The van der Waals surface area contributed by atoms with Crippen molar-refractivity contribution in [2.24, 2.45) is 0 Å². The number of aromatic nitrogens is 1. The summed E-state index contributed by atoms with van der Waals surface area (Å²) in [6.07, 6.45) is 1.32. The molecule has 0 spiro atoms. The zero-order valence-corrected chi connectivity index (χ0v) is 13.5. The third-order valence-corrected chi connectivity index (χ3v) is 5.56. The molecule has 1 atom stereocenters. The lowest BCUT2D eigenvalue weighted by Gasteiger charge is -2.32. The van der Waals surface area contributed by atoms with Gasteiger partial charge in [-0.1, -0.05) is 13.8 Å². The smallest absolute Gasteiger partial charge is 0.0954 e. The number of likely N-dealkylation sites (tertiary alicyclic amines) is 1. The Bertz CT molecular complexity index is 425. The molecule has 112 valence electrons. The summed E-state index contributed by atoms with van der Waals surface area (Å²) in [4.78, 5) is 10.0. The van der Waals surface area contributed by atoms with Crippen molar-refractivity contribution in [1.82, 2.24) is 20.1 Å². The molecule has 4 nitrogen and oxygen atoms in total. The highest BCUT2D eigenvalue weighted by molar-refractivity contribution is 7.09. The van der Waals surface area contributed by atoms with Crippen molar-refractivity contribution in [3.63, 3.8) is 0 Å². The first kappa shape index (κ1) is 14.4. The van der Waals surface area contributed by atoms with Crippen LogP contribution in [0.25, 0.3) is 0 Å². The Morgan fingerprint density at radius 3 is 2.85 bits per heavy atom. The lowest BCUT2D eigenvalue weighted by Crippen LogP contribution is -2.49. The van der Waals surface area contributed by atoms with Gasteiger partial charge in [-0.05, 0) is 6.42 Å². The summed E-state index contributed by atoms with van der Waals surface area (Å²) < 4.78 is 0. The maximum Gasteiger partial charge on any atom is 0.0954 e. The Morgan fingerprint density at radius 2 is 2.15 bits per heavy atom. The predicted octanol–water partition coefficient (Wildman–Crippen LogP) is 1.75. The molecule has 3 heterocycles. The van der Waals surface area contributed by atoms with Crippen LogP contribution in [-0.4, -0.2) is 60.1 Å². The summed E-state index contributed by atoms with van der Waals surface area (Å²) in [5.41, 5.74) is 1.26. The van der Waals surface area contributed by atoms with Gasteiger partial charge in [0.25, 0.3) is 0 Å². The van der Waals surface area contributed by atoms with Gasteiger partial charge in [0.1, 0.15) is 0 Å². The van der Waals surface area contributed by atoms with E-state index in [4.69, 9.17) is 4.98 Å². The fourth-order valence-corrected chi connectivity index (χ4v) is 4.02. The zero-order chi connectivity index (χ0) is 13.9. The monoisotopic (exact) mass is 294 g/mol. The van der Waals surface area contributed by atoms with Crippen LogP contribution in [-0.2, 0) is 6.54 Å². The van der Waals surface area contributed by atoms with Crippen molar-refractivity contribution >= 4 is 11.3 Å². The van der Waals surface area contributed by atoms with E-state index in [0.29, 0.717) is 5.92 Å². The van der Waals surface area contributed by atoms with Crippen LogP contribution in [0.2, 0.25) is 0 Å². The van der Waals surface area contributed by atoms with Crippen LogP contribution < -0.4 is 5.32 Å². The normalized spacial score (nSPS) is 25.6. The molecule has 1 N–H and O–H groups in total. The molecule has 2 saturated heterocycles. The van der Waals surface area contributed by atoms with Gasteiger partial charge in [-0.2, -0.15) is 0 Å². The van der Waals surface area contributed by atoms with E-state index in [1.165, 1.54) is 43.3 Å². The van der Waals surface area contributed by atoms with Gasteiger partial charge in [0.15, 0.2) is 0 Å². The molecule has 0 bridgehead atoms. The Balaban J connectivity index is 1.51. The number of rotatable bonds is 4. The van der Waals surface area contributed by atoms with Crippen molar-refractivity contribution in [1.29, 1.82) is 0 Å². The first-order valence-corrected chi connectivity index (χ1v) is 8.72. The fraction of sp³-hybridized carbons (Fsp3) is 0.800. The van der Waals surface area contributed by atoms with Gasteiger partial charge in [0, 0.05) is 63.2 Å². The molecule has 0 amide bonds. The lowest BCUT2D eigenvalue weighted by molar-refractivity contribution is 0.170. The molecule has 0 saturated carbocycles. The second kappa shape index (κ2) is 6.52. The molecule has 2 aliphatic heterocycles. The van der Waals surface area contributed by atoms with Crippen molar-refractivity contribution in [3.05, 3.63) is 16.1 Å². The van der Waals surface area contributed by atoms with Crippen molar-refractivity contribution in [2.75, 3.05) is 39.3 Å². The molecule has 1 aromatic rings. The Labute approximate surface area is 126 Å². The zero-order valence-electron chi connectivity index (χ0n) is 12.6. The highest BCUT2D eigenvalue weighted by atomic mass is 32.1. The van der Waals surface area contributed by atoms with Gasteiger partial charge in [-0.25, -0.2) is 4.98 Å². The summed E-state index contributed by atoms with van der Waals surface area (Å²) in [6, 6.07) is 0.764. The number of nitrogens with one attached hydrogen (secondary N) is 1. The maximum absolute atomic E-state index is 4.76. The minimum Gasteiger partial charge on any atom is -0.314 e. The van der Waals surface area contributed by atoms with E-state index in [1.807, 2.05) is 11.3 Å². The molecule has 2 fully saturated rings. The van der Waals surface area contributed by atoms with E-state index in [1.54, 1.807) is 0 Å². The van der Waals surface area contributed by atoms with Gasteiger partial charge in [0.05, 0.1) is 10.7 Å². The van der Waals surface area contributed by atoms with Gasteiger partial charge < -0.3 is 5.32 Å². The standard InChI is InChI=1S/C15H26N4S/c1-12(2)15-17-13(11-20-15)9-18-6-3-14(10-18)19-7-4-16-5-8-19/h11-12,14,16H,3-10H2,1-2H3. The van der Waals surface area contributed by atoms with E-state index in [-0.39, 0.29) is 0 Å². The average Bonchev–Trinajstić information content (AvgIpc) is 3.10.